The molecule has 16 heteroatoms. The quantitative estimate of drug-likeness (QED) is 0.141. The largest absolute Gasteiger partial charge is 0.378 e. The van der Waals surface area contributed by atoms with Crippen LogP contribution in [-0.4, -0.2) is 46.0 Å². The fourth-order valence-corrected chi connectivity index (χ4v) is 7.18. The summed E-state index contributed by atoms with van der Waals surface area (Å²) in [5, 5.41) is 23.1. The Labute approximate surface area is 291 Å². The van der Waals surface area contributed by atoms with Crippen LogP contribution in [0.1, 0.15) is 84.7 Å². The van der Waals surface area contributed by atoms with E-state index in [0.717, 1.165) is 12.1 Å². The van der Waals surface area contributed by atoms with Crippen molar-refractivity contribution in [1.29, 1.82) is 0 Å². The summed E-state index contributed by atoms with van der Waals surface area (Å²) in [4.78, 5) is 31.1. The van der Waals surface area contributed by atoms with Crippen molar-refractivity contribution in [3.8, 4) is 23.0 Å². The highest BCUT2D eigenvalue weighted by molar-refractivity contribution is 5.78. The first-order valence-electron chi connectivity index (χ1n) is 16.4. The molecule has 0 radical (unpaired) electrons. The number of aromatic amines is 1. The number of fused-ring (bicyclic) bond motifs is 4. The average molecular weight is 724 g/mol. The predicted octanol–water partition coefficient (Wildman–Crippen LogP) is 5.63. The van der Waals surface area contributed by atoms with Gasteiger partial charge in [-0.1, -0.05) is 5.92 Å². The third kappa shape index (κ3) is 6.23. The first-order valence-corrected chi connectivity index (χ1v) is 16.4. The Bertz CT molecular complexity index is 2350. The number of rotatable bonds is 8. The zero-order chi connectivity index (χ0) is 37.3. The summed E-state index contributed by atoms with van der Waals surface area (Å²) in [6.07, 6.45) is -2.99. The van der Waals surface area contributed by atoms with Gasteiger partial charge in [0.15, 0.2) is 5.65 Å². The van der Waals surface area contributed by atoms with E-state index in [-0.39, 0.29) is 35.4 Å². The molecule has 3 atom stereocenters. The summed E-state index contributed by atoms with van der Waals surface area (Å²) in [7, 11) is 0. The highest BCUT2D eigenvalue weighted by atomic mass is 19.3. The summed E-state index contributed by atoms with van der Waals surface area (Å²) in [5.74, 6) is -2.75. The molecule has 0 bridgehead atoms. The van der Waals surface area contributed by atoms with Crippen LogP contribution in [-0.2, 0) is 23.7 Å². The van der Waals surface area contributed by atoms with Crippen molar-refractivity contribution in [2.75, 3.05) is 0 Å². The first-order chi connectivity index (χ1) is 24.5. The van der Waals surface area contributed by atoms with E-state index in [4.69, 9.17) is 0 Å². The molecule has 7 rings (SSSR count). The van der Waals surface area contributed by atoms with E-state index in [1.165, 1.54) is 24.3 Å². The maximum atomic E-state index is 15.5. The molecule has 1 aromatic carbocycles. The van der Waals surface area contributed by atoms with Crippen LogP contribution >= 0.6 is 0 Å². The number of halogens is 6. The predicted molar refractivity (Wildman–Crippen MR) is 174 cm³/mol. The van der Waals surface area contributed by atoms with Gasteiger partial charge >= 0.3 is 5.69 Å². The van der Waals surface area contributed by atoms with Crippen molar-refractivity contribution in [3.05, 3.63) is 104 Å². The van der Waals surface area contributed by atoms with Crippen LogP contribution in [0.5, 0.6) is 0 Å². The second-order valence-corrected chi connectivity index (χ2v) is 13.6. The van der Waals surface area contributed by atoms with Gasteiger partial charge in [-0.15, -0.1) is 0 Å². The molecule has 0 spiro atoms. The van der Waals surface area contributed by atoms with Crippen molar-refractivity contribution in [1.82, 2.24) is 34.7 Å². The Morgan fingerprint density at radius 2 is 1.81 bits per heavy atom. The molecule has 52 heavy (non-hydrogen) atoms. The number of hydrogen-bond acceptors (Lipinski definition) is 6. The Morgan fingerprint density at radius 1 is 1.10 bits per heavy atom. The molecule has 1 saturated carbocycles. The van der Waals surface area contributed by atoms with Crippen LogP contribution in [0.25, 0.3) is 16.8 Å². The Balaban J connectivity index is 1.35. The minimum atomic E-state index is -3.49. The Morgan fingerprint density at radius 3 is 2.46 bits per heavy atom. The standard InChI is InChI=1S/C36H31F6N7O3/c1-17-22(7-9-27-45-46-34(51)49(17)27)23-5-4-21(10-11-35(2,3)52)43-30(23)26(14-18-12-19(37)15-20(38)13-18)44-28(50)16-48-32-29(31(47-48)33(39)40)24-6-8-25(24)36(32,41)42/h4-5,7,9,12-13,15,24-26,33,52H,6,8,14,16H2,1-3H3,(H,44,50)(H,46,51)/t24-,25+,26-/m0/s1. The summed E-state index contributed by atoms with van der Waals surface area (Å²) in [6.45, 7) is 3.69. The summed E-state index contributed by atoms with van der Waals surface area (Å²) in [5.41, 5.74) is -1.82. The maximum absolute atomic E-state index is 15.5. The molecular formula is C36H31F6N7O3. The molecule has 1 fully saturated rings. The normalized spacial score (nSPS) is 18.1. The number of hydrogen-bond donors (Lipinski definition) is 3. The minimum absolute atomic E-state index is 0.0878. The molecule has 3 N–H and O–H groups in total. The topological polar surface area (TPSA) is 130 Å². The fraction of sp³-hybridized carbons (Fsp3) is 0.361. The van der Waals surface area contributed by atoms with Crippen LogP contribution < -0.4 is 11.0 Å². The van der Waals surface area contributed by atoms with Gasteiger partial charge in [-0.05, 0) is 93.8 Å². The molecule has 10 nitrogen and oxygen atoms in total. The van der Waals surface area contributed by atoms with Crippen molar-refractivity contribution in [2.45, 2.75) is 76.5 Å². The number of alkyl halides is 4. The number of amides is 1. The second kappa shape index (κ2) is 12.7. The van der Waals surface area contributed by atoms with Gasteiger partial charge < -0.3 is 10.4 Å². The molecule has 0 unspecified atom stereocenters. The van der Waals surface area contributed by atoms with E-state index < -0.39 is 77.0 Å². The number of aromatic nitrogens is 6. The number of carbonyl (C=O) groups excluding carboxylic acids is 1. The molecule has 1 amide bonds. The van der Waals surface area contributed by atoms with Gasteiger partial charge in [0.05, 0.1) is 11.7 Å². The molecular weight excluding hydrogens is 692 g/mol. The van der Waals surface area contributed by atoms with Crippen molar-refractivity contribution < 1.29 is 36.2 Å². The van der Waals surface area contributed by atoms with E-state index in [2.05, 4.69) is 37.4 Å². The molecule has 2 aliphatic rings. The summed E-state index contributed by atoms with van der Waals surface area (Å²) >= 11 is 0. The summed E-state index contributed by atoms with van der Waals surface area (Å²) < 4.78 is 89.9. The van der Waals surface area contributed by atoms with Gasteiger partial charge in [0.2, 0.25) is 5.91 Å². The third-order valence-electron chi connectivity index (χ3n) is 9.51. The van der Waals surface area contributed by atoms with Crippen LogP contribution in [0.3, 0.4) is 0 Å². The maximum Gasteiger partial charge on any atom is 0.347 e. The van der Waals surface area contributed by atoms with Crippen LogP contribution in [0.4, 0.5) is 26.3 Å². The third-order valence-corrected chi connectivity index (χ3v) is 9.51. The van der Waals surface area contributed by atoms with Crippen LogP contribution in [0.15, 0.2) is 47.3 Å². The van der Waals surface area contributed by atoms with Crippen molar-refractivity contribution >= 4 is 11.6 Å². The zero-order valence-corrected chi connectivity index (χ0v) is 27.9. The fourth-order valence-electron chi connectivity index (χ4n) is 7.18. The summed E-state index contributed by atoms with van der Waals surface area (Å²) in [6, 6.07) is 7.89. The SMILES string of the molecule is Cc1c(-c2ccc(C#CC(C)(C)O)nc2[C@H](Cc2cc(F)cc(F)c2)NC(=O)Cn2nc(C(F)F)c3c2C(F)(F)[C@@H]2CC[C@H]32)ccc2n[nH]c(=O)n12. The molecule has 0 aliphatic heterocycles. The number of nitrogens with zero attached hydrogens (tertiary/aromatic N) is 5. The Kier molecular flexibility index (Phi) is 8.52. The molecule has 4 aromatic heterocycles. The lowest BCUT2D eigenvalue weighted by Gasteiger charge is -2.34. The van der Waals surface area contributed by atoms with E-state index >= 15 is 8.78 Å². The monoisotopic (exact) mass is 723 g/mol. The van der Waals surface area contributed by atoms with Crippen LogP contribution in [0.2, 0.25) is 0 Å². The van der Waals surface area contributed by atoms with E-state index in [0.29, 0.717) is 39.6 Å². The first kappa shape index (κ1) is 35.0. The highest BCUT2D eigenvalue weighted by Crippen LogP contribution is 2.63. The highest BCUT2D eigenvalue weighted by Gasteiger charge is 2.62. The van der Waals surface area contributed by atoms with E-state index in [1.807, 2.05) is 0 Å². The lowest BCUT2D eigenvalue weighted by atomic mass is 9.73. The number of aliphatic hydroxyl groups is 1. The van der Waals surface area contributed by atoms with Crippen molar-refractivity contribution in [2.24, 2.45) is 5.92 Å². The van der Waals surface area contributed by atoms with Gasteiger partial charge in [0.1, 0.15) is 40.9 Å². The van der Waals surface area contributed by atoms with E-state index in [9.17, 15) is 32.3 Å². The minimum Gasteiger partial charge on any atom is -0.378 e. The molecule has 0 saturated heterocycles. The van der Waals surface area contributed by atoms with E-state index in [1.54, 1.807) is 25.1 Å². The smallest absolute Gasteiger partial charge is 0.347 e. The molecule has 4 heterocycles. The number of pyridine rings is 2. The number of carbonyl (C=O) groups is 1. The number of nitrogens with one attached hydrogen (secondary N) is 2. The average Bonchev–Trinajstić information content (AvgIpc) is 3.63. The van der Waals surface area contributed by atoms with Crippen molar-refractivity contribution in [3.63, 3.8) is 0 Å². The second-order valence-electron chi connectivity index (χ2n) is 13.6. The molecule has 5 aromatic rings. The lowest BCUT2D eigenvalue weighted by Crippen LogP contribution is -2.36. The number of benzene rings is 1. The van der Waals surface area contributed by atoms with Gasteiger partial charge in [0, 0.05) is 34.4 Å². The number of aryl methyl sites for hydroxylation is 1. The molecule has 270 valence electrons. The zero-order valence-electron chi connectivity index (χ0n) is 27.9. The number of H-pyrrole nitrogens is 1. The van der Waals surface area contributed by atoms with Gasteiger partial charge in [-0.2, -0.15) is 19.0 Å². The Hall–Kier alpha value is -5.43. The molecule has 2 aliphatic carbocycles. The van der Waals surface area contributed by atoms with Gasteiger partial charge in [0.25, 0.3) is 12.3 Å². The van der Waals surface area contributed by atoms with Crippen LogP contribution in [0, 0.1) is 36.3 Å². The van der Waals surface area contributed by atoms with Gasteiger partial charge in [-0.3, -0.25) is 9.48 Å². The lowest BCUT2D eigenvalue weighted by molar-refractivity contribution is -0.123. The van der Waals surface area contributed by atoms with Gasteiger partial charge in [-0.25, -0.2) is 36.8 Å².